The zero-order valence-electron chi connectivity index (χ0n) is 42.8. The Balaban J connectivity index is 0.778. The summed E-state index contributed by atoms with van der Waals surface area (Å²) >= 11 is 0. The molecule has 0 saturated carbocycles. The zero-order valence-corrected chi connectivity index (χ0v) is 42.8. The zero-order chi connectivity index (χ0) is 53.2. The molecule has 5 heterocycles. The van der Waals surface area contributed by atoms with Gasteiger partial charge in [0.05, 0.1) is 108 Å². The largest absolute Gasteiger partial charge is 0.493 e. The van der Waals surface area contributed by atoms with Crippen molar-refractivity contribution in [2.24, 2.45) is 9.98 Å². The first kappa shape index (κ1) is 54.6. The number of benzene rings is 3. The molecule has 0 spiro atoms. The van der Waals surface area contributed by atoms with Crippen molar-refractivity contribution in [1.82, 2.24) is 25.3 Å². The molecule has 8 rings (SSSR count). The van der Waals surface area contributed by atoms with Crippen LogP contribution in [0, 0.1) is 11.8 Å². The predicted molar refractivity (Wildman–Crippen MR) is 277 cm³/mol. The number of carbonyl (C=O) groups excluding carboxylic acids is 6. The van der Waals surface area contributed by atoms with Crippen LogP contribution in [0.5, 0.6) is 23.0 Å². The van der Waals surface area contributed by atoms with Gasteiger partial charge < -0.3 is 58.3 Å². The number of aliphatic imine (C=N–C) groups is 2. The van der Waals surface area contributed by atoms with E-state index < -0.39 is 11.8 Å². The van der Waals surface area contributed by atoms with E-state index in [0.717, 1.165) is 41.7 Å². The van der Waals surface area contributed by atoms with Crippen molar-refractivity contribution in [2.45, 2.75) is 63.8 Å². The van der Waals surface area contributed by atoms with Crippen LogP contribution in [-0.2, 0) is 51.3 Å². The van der Waals surface area contributed by atoms with Crippen molar-refractivity contribution in [1.29, 1.82) is 0 Å². The smallest absolute Gasteiger partial charge is 0.256 e. The maximum absolute atomic E-state index is 13.5. The highest BCUT2D eigenvalue weighted by Crippen LogP contribution is 2.40. The third kappa shape index (κ3) is 14.6. The number of imide groups is 1. The van der Waals surface area contributed by atoms with Crippen LogP contribution in [-0.4, -0.2) is 174 Å². The number of carbonyl (C=O) groups is 6. The van der Waals surface area contributed by atoms with E-state index in [1.54, 1.807) is 24.3 Å². The standard InChI is InChI=1S/C55H63N7O14/c1-69-46-29-42-44(58-33-40-7-4-15-60(40)54(42)67)31-48(46)75-35-38-26-37(27-39(28-38)36-76-49-32-45-43(30-47(49)70-2)55(68)61-16-5-8-41(61)34-59-45)6-3-13-56-51(64)12-18-71-20-22-73-24-25-74-23-21-72-19-14-57-50(63)11-17-62-52(65)9-10-53(62)66/h9-10,26-34,40-41H,4-5,7-8,11-25,35-36H2,1-2H3,(H,56,64)(H,57,63)/t40-,41-/m0/s1. The molecule has 2 N–H and O–H groups in total. The minimum Gasteiger partial charge on any atom is -0.493 e. The summed E-state index contributed by atoms with van der Waals surface area (Å²) in [5.74, 6) is 6.32. The number of amides is 6. The molecule has 2 fully saturated rings. The fraction of sp³-hybridized carbons (Fsp3) is 0.455. The summed E-state index contributed by atoms with van der Waals surface area (Å²) in [4.78, 5) is 88.7. The van der Waals surface area contributed by atoms with Gasteiger partial charge in [-0.2, -0.15) is 0 Å². The van der Waals surface area contributed by atoms with Gasteiger partial charge in [0.25, 0.3) is 23.6 Å². The summed E-state index contributed by atoms with van der Waals surface area (Å²) < 4.78 is 46.2. The predicted octanol–water partition coefficient (Wildman–Crippen LogP) is 3.86. The number of fused-ring (bicyclic) bond motifs is 4. The van der Waals surface area contributed by atoms with Crippen LogP contribution in [0.15, 0.2) is 64.6 Å². The van der Waals surface area contributed by atoms with Crippen LogP contribution in [0.25, 0.3) is 0 Å². The van der Waals surface area contributed by atoms with Gasteiger partial charge in [0, 0.05) is 81.3 Å². The SMILES string of the molecule is COc1cc2c(cc1OCc1cc(C#CCNC(=O)CCOCCOCCOCCOCCNC(=O)CCN3C(=O)C=CC3=O)cc(COc3cc4c(cc3OC)C(=O)N3CCC[C@H]3C=N4)c1)N=C[C@@H]1CCCN1C2=O. The van der Waals surface area contributed by atoms with E-state index in [1.807, 2.05) is 40.4 Å². The Kier molecular flexibility index (Phi) is 19.6. The Morgan fingerprint density at radius 3 is 1.63 bits per heavy atom. The Morgan fingerprint density at radius 1 is 0.605 bits per heavy atom. The van der Waals surface area contributed by atoms with Crippen molar-refractivity contribution >= 4 is 59.2 Å². The van der Waals surface area contributed by atoms with Gasteiger partial charge >= 0.3 is 0 Å². The lowest BCUT2D eigenvalue weighted by Crippen LogP contribution is -2.35. The Bertz CT molecular complexity index is 2650. The second-order valence-corrected chi connectivity index (χ2v) is 18.2. The van der Waals surface area contributed by atoms with Gasteiger partial charge in [0.1, 0.15) is 13.2 Å². The van der Waals surface area contributed by atoms with E-state index in [2.05, 4.69) is 32.5 Å². The molecule has 2 atom stereocenters. The number of methoxy groups -OCH3 is 2. The first-order chi connectivity index (χ1) is 37.1. The summed E-state index contributed by atoms with van der Waals surface area (Å²) in [5.41, 5.74) is 4.11. The van der Waals surface area contributed by atoms with Crippen LogP contribution in [0.2, 0.25) is 0 Å². The topological polar surface area (TPSA) is 235 Å². The summed E-state index contributed by atoms with van der Waals surface area (Å²) in [6, 6.07) is 12.5. The third-order valence-corrected chi connectivity index (χ3v) is 13.0. The lowest BCUT2D eigenvalue weighted by molar-refractivity contribution is -0.137. The average Bonchev–Trinajstić information content (AvgIpc) is 4.16. The molecule has 3 aromatic rings. The Hall–Kier alpha value is -7.64. The fourth-order valence-corrected chi connectivity index (χ4v) is 9.08. The van der Waals surface area contributed by atoms with E-state index >= 15 is 0 Å². The van der Waals surface area contributed by atoms with Crippen molar-refractivity contribution in [3.63, 3.8) is 0 Å². The number of ether oxygens (including phenoxy) is 8. The summed E-state index contributed by atoms with van der Waals surface area (Å²) in [6.07, 6.45) is 9.77. The minimum absolute atomic E-state index is 0.0206. The summed E-state index contributed by atoms with van der Waals surface area (Å²) in [6.45, 7) is 4.47. The van der Waals surface area contributed by atoms with Crippen molar-refractivity contribution < 1.29 is 66.7 Å². The van der Waals surface area contributed by atoms with Gasteiger partial charge in [-0.05, 0) is 67.1 Å². The average molecular weight is 1050 g/mol. The van der Waals surface area contributed by atoms with Gasteiger partial charge in [0.15, 0.2) is 23.0 Å². The highest BCUT2D eigenvalue weighted by Gasteiger charge is 2.34. The molecule has 6 amide bonds. The maximum Gasteiger partial charge on any atom is 0.256 e. The van der Waals surface area contributed by atoms with E-state index in [1.165, 1.54) is 26.4 Å². The highest BCUT2D eigenvalue weighted by atomic mass is 16.6. The molecule has 3 aromatic carbocycles. The van der Waals surface area contributed by atoms with Crippen LogP contribution in [0.1, 0.15) is 75.9 Å². The molecular weight excluding hydrogens is 983 g/mol. The third-order valence-electron chi connectivity index (χ3n) is 13.0. The van der Waals surface area contributed by atoms with Crippen LogP contribution in [0.4, 0.5) is 11.4 Å². The van der Waals surface area contributed by atoms with Crippen molar-refractivity contribution in [3.8, 4) is 34.8 Å². The van der Waals surface area contributed by atoms with Crippen LogP contribution >= 0.6 is 0 Å². The van der Waals surface area contributed by atoms with Gasteiger partial charge in [-0.3, -0.25) is 43.7 Å². The second-order valence-electron chi connectivity index (χ2n) is 18.2. The molecular formula is C55H63N7O14. The van der Waals surface area contributed by atoms with Gasteiger partial charge in [-0.1, -0.05) is 11.8 Å². The molecule has 76 heavy (non-hydrogen) atoms. The number of nitrogens with zero attached hydrogens (tertiary/aromatic N) is 5. The Labute approximate surface area is 440 Å². The fourth-order valence-electron chi connectivity index (χ4n) is 9.08. The van der Waals surface area contributed by atoms with Crippen molar-refractivity contribution in [2.75, 3.05) is 99.8 Å². The molecule has 21 heteroatoms. The van der Waals surface area contributed by atoms with Crippen LogP contribution < -0.4 is 29.6 Å². The molecule has 0 radical (unpaired) electrons. The molecule has 5 aliphatic rings. The van der Waals surface area contributed by atoms with E-state index in [-0.39, 0.29) is 88.1 Å². The van der Waals surface area contributed by atoms with Crippen molar-refractivity contribution in [3.05, 3.63) is 82.4 Å². The maximum atomic E-state index is 13.5. The van der Waals surface area contributed by atoms with E-state index in [0.29, 0.717) is 110 Å². The number of rotatable bonds is 27. The number of nitrogens with one attached hydrogen (secondary N) is 2. The van der Waals surface area contributed by atoms with Gasteiger partial charge in [0.2, 0.25) is 11.8 Å². The van der Waals surface area contributed by atoms with Crippen LogP contribution in [0.3, 0.4) is 0 Å². The summed E-state index contributed by atoms with van der Waals surface area (Å²) in [5, 5.41) is 5.49. The minimum atomic E-state index is -0.418. The molecule has 21 nitrogen and oxygen atoms in total. The number of hydrogen-bond donors (Lipinski definition) is 2. The molecule has 0 unspecified atom stereocenters. The summed E-state index contributed by atoms with van der Waals surface area (Å²) in [7, 11) is 3.06. The van der Waals surface area contributed by atoms with E-state index in [4.69, 9.17) is 37.9 Å². The lowest BCUT2D eigenvalue weighted by atomic mass is 10.1. The quantitative estimate of drug-likeness (QED) is 0.0627. The van der Waals surface area contributed by atoms with Gasteiger partial charge in [-0.25, -0.2) is 0 Å². The molecule has 2 saturated heterocycles. The molecule has 402 valence electrons. The monoisotopic (exact) mass is 1050 g/mol. The second kappa shape index (κ2) is 27.2. The first-order valence-corrected chi connectivity index (χ1v) is 25.5. The normalized spacial score (nSPS) is 17.1. The highest BCUT2D eigenvalue weighted by molar-refractivity contribution is 6.13. The molecule has 0 bridgehead atoms. The molecule has 0 aromatic heterocycles. The Morgan fingerprint density at radius 2 is 1.11 bits per heavy atom. The molecule has 5 aliphatic heterocycles. The van der Waals surface area contributed by atoms with Gasteiger partial charge in [-0.15, -0.1) is 0 Å². The first-order valence-electron chi connectivity index (χ1n) is 25.5. The molecule has 0 aliphatic carbocycles. The lowest BCUT2D eigenvalue weighted by Gasteiger charge is -2.20. The van der Waals surface area contributed by atoms with E-state index in [9.17, 15) is 28.8 Å². The number of hydrogen-bond acceptors (Lipinski definition) is 16.